The first-order valence-electron chi connectivity index (χ1n) is 6.05. The zero-order valence-corrected chi connectivity index (χ0v) is 12.0. The number of aromatic nitrogens is 3. The van der Waals surface area contributed by atoms with Crippen LogP contribution in [0.5, 0.6) is 0 Å². The zero-order valence-electron chi connectivity index (χ0n) is 10.4. The van der Waals surface area contributed by atoms with Gasteiger partial charge < -0.3 is 9.88 Å². The van der Waals surface area contributed by atoms with Crippen molar-refractivity contribution in [2.75, 3.05) is 11.9 Å². The van der Waals surface area contributed by atoms with Gasteiger partial charge in [-0.3, -0.25) is 0 Å². The molecule has 1 aromatic heterocycles. The van der Waals surface area contributed by atoms with Crippen molar-refractivity contribution in [3.05, 3.63) is 40.9 Å². The lowest BCUT2D eigenvalue weighted by Gasteiger charge is -2.08. The van der Waals surface area contributed by atoms with E-state index in [1.165, 1.54) is 0 Å². The maximum absolute atomic E-state index is 9.04. The minimum absolute atomic E-state index is 0.660. The van der Waals surface area contributed by atoms with Gasteiger partial charge in [0, 0.05) is 17.6 Å². The Morgan fingerprint density at radius 3 is 2.79 bits per heavy atom. The van der Waals surface area contributed by atoms with E-state index < -0.39 is 0 Å². The van der Waals surface area contributed by atoms with E-state index in [1.54, 1.807) is 12.7 Å². The molecule has 1 aromatic carbocycles. The van der Waals surface area contributed by atoms with Gasteiger partial charge in [0.15, 0.2) is 0 Å². The average Bonchev–Trinajstić information content (AvgIpc) is 2.93. The number of halogens is 1. The highest BCUT2D eigenvalue weighted by atomic mass is 79.9. The number of anilines is 1. The van der Waals surface area contributed by atoms with Crippen LogP contribution >= 0.6 is 15.9 Å². The molecule has 2 rings (SSSR count). The normalized spacial score (nSPS) is 10.1. The SMILES string of the molecule is N#Cc1cc(Br)ccc1NCCCCn1cnnc1. The number of benzene rings is 1. The van der Waals surface area contributed by atoms with E-state index in [9.17, 15) is 0 Å². The monoisotopic (exact) mass is 319 g/mol. The Hall–Kier alpha value is -1.87. The molecule has 0 amide bonds. The van der Waals surface area contributed by atoms with Gasteiger partial charge in [0.1, 0.15) is 18.7 Å². The van der Waals surface area contributed by atoms with Crippen molar-refractivity contribution >= 4 is 21.6 Å². The molecule has 5 nitrogen and oxygen atoms in total. The first kappa shape index (κ1) is 13.6. The van der Waals surface area contributed by atoms with Gasteiger partial charge in [-0.1, -0.05) is 15.9 Å². The second-order valence-corrected chi connectivity index (χ2v) is 5.05. The van der Waals surface area contributed by atoms with E-state index in [1.807, 2.05) is 22.8 Å². The Morgan fingerprint density at radius 2 is 2.05 bits per heavy atom. The molecule has 0 aliphatic rings. The molecular formula is C13H14BrN5. The lowest BCUT2D eigenvalue weighted by Crippen LogP contribution is -2.05. The summed E-state index contributed by atoms with van der Waals surface area (Å²) in [4.78, 5) is 0. The number of nitrogens with zero attached hydrogens (tertiary/aromatic N) is 4. The van der Waals surface area contributed by atoms with Crippen LogP contribution in [-0.4, -0.2) is 21.3 Å². The standard InChI is InChI=1S/C13H14BrN5/c14-12-3-4-13(11(7-12)8-15)16-5-1-2-6-19-9-17-18-10-19/h3-4,7,9-10,16H,1-2,5-6H2. The van der Waals surface area contributed by atoms with Crippen molar-refractivity contribution in [1.82, 2.24) is 14.8 Å². The summed E-state index contributed by atoms with van der Waals surface area (Å²) in [6, 6.07) is 7.86. The largest absolute Gasteiger partial charge is 0.384 e. The van der Waals surface area contributed by atoms with Gasteiger partial charge in [-0.2, -0.15) is 5.26 Å². The molecule has 6 heteroatoms. The number of unbranched alkanes of at least 4 members (excludes halogenated alkanes) is 1. The summed E-state index contributed by atoms with van der Waals surface area (Å²) >= 11 is 3.36. The predicted octanol–water partition coefficient (Wildman–Crippen LogP) is 2.80. The van der Waals surface area contributed by atoms with Gasteiger partial charge in [-0.25, -0.2) is 0 Å². The Kier molecular flexibility index (Phi) is 4.93. The van der Waals surface area contributed by atoms with E-state index in [4.69, 9.17) is 5.26 Å². The van der Waals surface area contributed by atoms with Crippen molar-refractivity contribution < 1.29 is 0 Å². The summed E-state index contributed by atoms with van der Waals surface area (Å²) in [7, 11) is 0. The van der Waals surface area contributed by atoms with Gasteiger partial charge in [0.2, 0.25) is 0 Å². The molecule has 0 bridgehead atoms. The third-order valence-electron chi connectivity index (χ3n) is 2.73. The lowest BCUT2D eigenvalue weighted by molar-refractivity contribution is 0.619. The molecular weight excluding hydrogens is 306 g/mol. The van der Waals surface area contributed by atoms with Crippen LogP contribution in [0.25, 0.3) is 0 Å². The molecule has 0 aliphatic carbocycles. The zero-order chi connectivity index (χ0) is 13.5. The quantitative estimate of drug-likeness (QED) is 0.831. The molecule has 1 N–H and O–H groups in total. The predicted molar refractivity (Wildman–Crippen MR) is 76.6 cm³/mol. The maximum Gasteiger partial charge on any atom is 0.119 e. The number of aryl methyl sites for hydroxylation is 1. The Labute approximate surface area is 120 Å². The van der Waals surface area contributed by atoms with Gasteiger partial charge in [0.05, 0.1) is 11.3 Å². The molecule has 0 aliphatic heterocycles. The molecule has 0 radical (unpaired) electrons. The molecule has 0 fully saturated rings. The number of hydrogen-bond acceptors (Lipinski definition) is 4. The number of hydrogen-bond donors (Lipinski definition) is 1. The summed E-state index contributed by atoms with van der Waals surface area (Å²) in [6.07, 6.45) is 5.51. The second-order valence-electron chi connectivity index (χ2n) is 4.14. The lowest BCUT2D eigenvalue weighted by atomic mass is 10.2. The van der Waals surface area contributed by atoms with Gasteiger partial charge in [0.25, 0.3) is 0 Å². The highest BCUT2D eigenvalue weighted by molar-refractivity contribution is 9.10. The maximum atomic E-state index is 9.04. The van der Waals surface area contributed by atoms with Crippen molar-refractivity contribution in [2.45, 2.75) is 19.4 Å². The van der Waals surface area contributed by atoms with E-state index in [0.29, 0.717) is 5.56 Å². The molecule has 98 valence electrons. The van der Waals surface area contributed by atoms with Crippen LogP contribution in [0.1, 0.15) is 18.4 Å². The Balaban J connectivity index is 1.75. The van der Waals surface area contributed by atoms with Crippen LogP contribution in [0.15, 0.2) is 35.3 Å². The summed E-state index contributed by atoms with van der Waals surface area (Å²) in [5.41, 5.74) is 1.54. The van der Waals surface area contributed by atoms with Crippen molar-refractivity contribution in [3.63, 3.8) is 0 Å². The summed E-state index contributed by atoms with van der Waals surface area (Å²) in [5.74, 6) is 0. The first-order chi connectivity index (χ1) is 9.29. The van der Waals surface area contributed by atoms with E-state index in [2.05, 4.69) is 37.5 Å². The van der Waals surface area contributed by atoms with Crippen LogP contribution < -0.4 is 5.32 Å². The fraction of sp³-hybridized carbons (Fsp3) is 0.308. The highest BCUT2D eigenvalue weighted by Gasteiger charge is 2.01. The molecule has 0 spiro atoms. The molecule has 0 saturated heterocycles. The second kappa shape index (κ2) is 6.90. The topological polar surface area (TPSA) is 66.5 Å². The van der Waals surface area contributed by atoms with Gasteiger partial charge in [-0.15, -0.1) is 10.2 Å². The third-order valence-corrected chi connectivity index (χ3v) is 3.22. The average molecular weight is 320 g/mol. The van der Waals surface area contributed by atoms with Crippen LogP contribution in [0, 0.1) is 11.3 Å². The summed E-state index contributed by atoms with van der Waals surface area (Å²) < 4.78 is 2.88. The third kappa shape index (κ3) is 4.07. The fourth-order valence-electron chi connectivity index (χ4n) is 1.74. The van der Waals surface area contributed by atoms with Crippen LogP contribution in [0.4, 0.5) is 5.69 Å². The van der Waals surface area contributed by atoms with Crippen molar-refractivity contribution in [3.8, 4) is 6.07 Å². The van der Waals surface area contributed by atoms with E-state index in [-0.39, 0.29) is 0 Å². The molecule has 0 atom stereocenters. The number of nitrogens with one attached hydrogen (secondary N) is 1. The molecule has 0 saturated carbocycles. The summed E-state index contributed by atoms with van der Waals surface area (Å²) in [5, 5.41) is 19.8. The van der Waals surface area contributed by atoms with E-state index in [0.717, 1.165) is 36.1 Å². The van der Waals surface area contributed by atoms with E-state index >= 15 is 0 Å². The van der Waals surface area contributed by atoms with Crippen molar-refractivity contribution in [2.24, 2.45) is 0 Å². The Bertz CT molecular complexity index is 559. The number of rotatable bonds is 6. The minimum Gasteiger partial charge on any atom is -0.384 e. The van der Waals surface area contributed by atoms with Gasteiger partial charge in [-0.05, 0) is 31.0 Å². The van der Waals surface area contributed by atoms with Crippen LogP contribution in [0.2, 0.25) is 0 Å². The first-order valence-corrected chi connectivity index (χ1v) is 6.85. The molecule has 19 heavy (non-hydrogen) atoms. The van der Waals surface area contributed by atoms with Crippen LogP contribution in [-0.2, 0) is 6.54 Å². The van der Waals surface area contributed by atoms with Crippen LogP contribution in [0.3, 0.4) is 0 Å². The molecule has 2 aromatic rings. The van der Waals surface area contributed by atoms with Crippen molar-refractivity contribution in [1.29, 1.82) is 5.26 Å². The van der Waals surface area contributed by atoms with Gasteiger partial charge >= 0.3 is 0 Å². The highest BCUT2D eigenvalue weighted by Crippen LogP contribution is 2.20. The Morgan fingerprint density at radius 1 is 1.26 bits per heavy atom. The molecule has 1 heterocycles. The smallest absolute Gasteiger partial charge is 0.119 e. The molecule has 0 unspecified atom stereocenters. The fourth-order valence-corrected chi connectivity index (χ4v) is 2.10. The number of nitriles is 1. The minimum atomic E-state index is 0.660. The summed E-state index contributed by atoms with van der Waals surface area (Å²) in [6.45, 7) is 1.76.